The zero-order chi connectivity index (χ0) is 21.8. The number of likely N-dealkylation sites (tertiary alicyclic amines) is 1. The highest BCUT2D eigenvalue weighted by Gasteiger charge is 2.29. The summed E-state index contributed by atoms with van der Waals surface area (Å²) in [6.45, 7) is 5.25. The molecule has 1 aromatic heterocycles. The summed E-state index contributed by atoms with van der Waals surface area (Å²) < 4.78 is 11.2. The van der Waals surface area contributed by atoms with Gasteiger partial charge in [-0.05, 0) is 37.8 Å². The lowest BCUT2D eigenvalue weighted by Crippen LogP contribution is -2.40. The van der Waals surface area contributed by atoms with Gasteiger partial charge in [-0.25, -0.2) is 0 Å². The van der Waals surface area contributed by atoms with Gasteiger partial charge in [-0.2, -0.15) is 0 Å². The number of aryl methyl sites for hydroxylation is 2. The number of carbonyl (C=O) groups excluding carboxylic acids is 2. The van der Waals surface area contributed by atoms with Crippen LogP contribution in [0.2, 0.25) is 0 Å². The molecule has 0 bridgehead atoms. The third-order valence-electron chi connectivity index (χ3n) is 5.76. The number of Topliss-reactive ketones (excluding diaryl/α,β-unsaturated/α-hetero) is 1. The Hall–Kier alpha value is -3.41. The standard InChI is InChI=1S/C25H26N2O4/c1-17-7-6-8-18(2)24(17)30-16-21-15-22(26-31-21)25(29)27-13-11-20(12-14-27)23(28)19-9-4-3-5-10-19/h3-10,15,20H,11-14,16H2,1-2H3. The van der Waals surface area contributed by atoms with Gasteiger partial charge in [-0.15, -0.1) is 0 Å². The second kappa shape index (κ2) is 9.16. The summed E-state index contributed by atoms with van der Waals surface area (Å²) in [6.07, 6.45) is 1.31. The van der Waals surface area contributed by atoms with E-state index in [-0.39, 0.29) is 29.9 Å². The van der Waals surface area contributed by atoms with Gasteiger partial charge in [0.25, 0.3) is 5.91 Å². The molecule has 160 valence electrons. The van der Waals surface area contributed by atoms with Gasteiger partial charge in [0.15, 0.2) is 17.2 Å². The van der Waals surface area contributed by atoms with Crippen molar-refractivity contribution in [3.63, 3.8) is 0 Å². The third-order valence-corrected chi connectivity index (χ3v) is 5.76. The SMILES string of the molecule is Cc1cccc(C)c1OCc1cc(C(=O)N2CCC(C(=O)c3ccccc3)CC2)no1. The van der Waals surface area contributed by atoms with E-state index in [1.54, 1.807) is 11.0 Å². The van der Waals surface area contributed by atoms with E-state index in [1.807, 2.05) is 62.4 Å². The Morgan fingerprint density at radius 2 is 1.71 bits per heavy atom. The van der Waals surface area contributed by atoms with E-state index in [1.165, 1.54) is 0 Å². The molecule has 0 aliphatic carbocycles. The van der Waals surface area contributed by atoms with E-state index < -0.39 is 0 Å². The molecule has 0 unspecified atom stereocenters. The van der Waals surface area contributed by atoms with Crippen LogP contribution in [0, 0.1) is 19.8 Å². The second-order valence-corrected chi connectivity index (χ2v) is 7.98. The number of nitrogens with zero attached hydrogens (tertiary/aromatic N) is 2. The van der Waals surface area contributed by atoms with E-state index in [0.29, 0.717) is 31.7 Å². The number of ether oxygens (including phenoxy) is 1. The highest BCUT2D eigenvalue weighted by molar-refractivity contribution is 5.98. The molecule has 0 spiro atoms. The molecule has 2 aromatic carbocycles. The predicted molar refractivity (Wildman–Crippen MR) is 116 cm³/mol. The number of hydrogen-bond donors (Lipinski definition) is 0. The molecule has 1 aliphatic rings. The summed E-state index contributed by atoms with van der Waals surface area (Å²) in [5.41, 5.74) is 3.10. The molecule has 0 N–H and O–H groups in total. The summed E-state index contributed by atoms with van der Waals surface area (Å²) in [5.74, 6) is 1.25. The minimum Gasteiger partial charge on any atom is -0.485 e. The maximum Gasteiger partial charge on any atom is 0.276 e. The van der Waals surface area contributed by atoms with Gasteiger partial charge in [-0.3, -0.25) is 9.59 Å². The Morgan fingerprint density at radius 1 is 1.03 bits per heavy atom. The molecule has 0 saturated carbocycles. The Bertz CT molecular complexity index is 1050. The zero-order valence-electron chi connectivity index (χ0n) is 17.8. The van der Waals surface area contributed by atoms with Crippen molar-refractivity contribution in [1.82, 2.24) is 10.1 Å². The molecule has 6 nitrogen and oxygen atoms in total. The minimum atomic E-state index is -0.173. The largest absolute Gasteiger partial charge is 0.485 e. The highest BCUT2D eigenvalue weighted by Crippen LogP contribution is 2.25. The van der Waals surface area contributed by atoms with E-state index in [4.69, 9.17) is 9.26 Å². The monoisotopic (exact) mass is 418 g/mol. The zero-order valence-corrected chi connectivity index (χ0v) is 17.8. The fraction of sp³-hybridized carbons (Fsp3) is 0.320. The molecular weight excluding hydrogens is 392 g/mol. The van der Waals surface area contributed by atoms with Gasteiger partial charge in [0.05, 0.1) is 0 Å². The number of piperidine rings is 1. The van der Waals surface area contributed by atoms with Crippen LogP contribution in [0.5, 0.6) is 5.75 Å². The Kier molecular flexibility index (Phi) is 6.16. The van der Waals surface area contributed by atoms with Crippen LogP contribution < -0.4 is 4.74 Å². The molecular formula is C25H26N2O4. The fourth-order valence-electron chi connectivity index (χ4n) is 4.00. The van der Waals surface area contributed by atoms with E-state index in [2.05, 4.69) is 5.16 Å². The number of amides is 1. The van der Waals surface area contributed by atoms with E-state index in [0.717, 1.165) is 22.4 Å². The maximum absolute atomic E-state index is 12.8. The first-order chi connectivity index (χ1) is 15.0. The van der Waals surface area contributed by atoms with Crippen molar-refractivity contribution < 1.29 is 18.8 Å². The van der Waals surface area contributed by atoms with Gasteiger partial charge in [-0.1, -0.05) is 53.7 Å². The highest BCUT2D eigenvalue weighted by atomic mass is 16.5. The maximum atomic E-state index is 12.8. The molecule has 1 fully saturated rings. The first-order valence-electron chi connectivity index (χ1n) is 10.6. The summed E-state index contributed by atoms with van der Waals surface area (Å²) in [6, 6.07) is 16.9. The van der Waals surface area contributed by atoms with Crippen molar-refractivity contribution in [2.24, 2.45) is 5.92 Å². The molecule has 4 rings (SSSR count). The van der Waals surface area contributed by atoms with Crippen LogP contribution in [-0.4, -0.2) is 34.8 Å². The van der Waals surface area contributed by atoms with Gasteiger partial charge < -0.3 is 14.2 Å². The third kappa shape index (κ3) is 4.68. The van der Waals surface area contributed by atoms with Crippen LogP contribution >= 0.6 is 0 Å². The Balaban J connectivity index is 1.33. The smallest absolute Gasteiger partial charge is 0.276 e. The van der Waals surface area contributed by atoms with Crippen LogP contribution in [0.15, 0.2) is 59.1 Å². The minimum absolute atomic E-state index is 0.0509. The summed E-state index contributed by atoms with van der Waals surface area (Å²) in [4.78, 5) is 27.2. The normalized spacial score (nSPS) is 14.5. The average Bonchev–Trinajstić information content (AvgIpc) is 3.27. The molecule has 2 heterocycles. The summed E-state index contributed by atoms with van der Waals surface area (Å²) in [5, 5.41) is 3.94. The topological polar surface area (TPSA) is 72.6 Å². The molecule has 1 aliphatic heterocycles. The van der Waals surface area contributed by atoms with Crippen LogP contribution in [-0.2, 0) is 6.61 Å². The number of benzene rings is 2. The number of carbonyl (C=O) groups is 2. The van der Waals surface area contributed by atoms with Crippen molar-refractivity contribution in [1.29, 1.82) is 0 Å². The molecule has 1 amide bonds. The number of rotatable bonds is 6. The summed E-state index contributed by atoms with van der Waals surface area (Å²) >= 11 is 0. The molecule has 0 radical (unpaired) electrons. The van der Waals surface area contributed by atoms with Crippen molar-refractivity contribution in [3.8, 4) is 5.75 Å². The molecule has 31 heavy (non-hydrogen) atoms. The van der Waals surface area contributed by atoms with Crippen molar-refractivity contribution in [3.05, 3.63) is 82.7 Å². The van der Waals surface area contributed by atoms with Crippen molar-refractivity contribution in [2.75, 3.05) is 13.1 Å². The van der Waals surface area contributed by atoms with Gasteiger partial charge >= 0.3 is 0 Å². The van der Waals surface area contributed by atoms with Crippen LogP contribution in [0.4, 0.5) is 0 Å². The lowest BCUT2D eigenvalue weighted by molar-refractivity contribution is 0.0641. The lowest BCUT2D eigenvalue weighted by atomic mass is 9.89. The van der Waals surface area contributed by atoms with Crippen molar-refractivity contribution in [2.45, 2.75) is 33.3 Å². The van der Waals surface area contributed by atoms with Gasteiger partial charge in [0, 0.05) is 30.6 Å². The van der Waals surface area contributed by atoms with Gasteiger partial charge in [0.1, 0.15) is 12.4 Å². The van der Waals surface area contributed by atoms with Crippen LogP contribution in [0.25, 0.3) is 0 Å². The molecule has 6 heteroatoms. The second-order valence-electron chi connectivity index (χ2n) is 7.98. The molecule has 3 aromatic rings. The first kappa shape index (κ1) is 20.8. The number of ketones is 1. The fourth-order valence-corrected chi connectivity index (χ4v) is 4.00. The summed E-state index contributed by atoms with van der Waals surface area (Å²) in [7, 11) is 0. The molecule has 1 saturated heterocycles. The van der Waals surface area contributed by atoms with E-state index in [9.17, 15) is 9.59 Å². The van der Waals surface area contributed by atoms with Crippen LogP contribution in [0.1, 0.15) is 50.6 Å². The van der Waals surface area contributed by atoms with Gasteiger partial charge in [0.2, 0.25) is 0 Å². The Labute approximate surface area is 181 Å². The van der Waals surface area contributed by atoms with Crippen LogP contribution in [0.3, 0.4) is 0 Å². The predicted octanol–water partition coefficient (Wildman–Crippen LogP) is 4.61. The quantitative estimate of drug-likeness (QED) is 0.547. The van der Waals surface area contributed by atoms with E-state index >= 15 is 0 Å². The number of hydrogen-bond acceptors (Lipinski definition) is 5. The molecule has 0 atom stereocenters. The average molecular weight is 418 g/mol. The number of para-hydroxylation sites is 1. The van der Waals surface area contributed by atoms with Crippen molar-refractivity contribution >= 4 is 11.7 Å². The number of aromatic nitrogens is 1. The first-order valence-corrected chi connectivity index (χ1v) is 10.6. The lowest BCUT2D eigenvalue weighted by Gasteiger charge is -2.30. The Morgan fingerprint density at radius 3 is 2.39 bits per heavy atom.